The number of thioether (sulfide) groups is 1. The molecule has 5 nitrogen and oxygen atoms in total. The Labute approximate surface area is 174 Å². The second kappa shape index (κ2) is 8.16. The van der Waals surface area contributed by atoms with Crippen molar-refractivity contribution in [1.29, 1.82) is 0 Å². The van der Waals surface area contributed by atoms with Crippen LogP contribution in [0.2, 0.25) is 10.0 Å². The summed E-state index contributed by atoms with van der Waals surface area (Å²) in [4.78, 5) is 0.734. The summed E-state index contributed by atoms with van der Waals surface area (Å²) in [7, 11) is 0. The highest BCUT2D eigenvalue weighted by molar-refractivity contribution is 8.00. The molecule has 0 aliphatic heterocycles. The lowest BCUT2D eigenvalue weighted by molar-refractivity contribution is 0.635. The molecule has 9 heteroatoms. The van der Waals surface area contributed by atoms with Crippen molar-refractivity contribution in [2.75, 3.05) is 0 Å². The molecular weight excluding hydrogens is 421 g/mol. The van der Waals surface area contributed by atoms with Gasteiger partial charge in [0, 0.05) is 15.8 Å². The average Bonchev–Trinajstić information content (AvgIpc) is 3.22. The summed E-state index contributed by atoms with van der Waals surface area (Å²) in [5, 5.41) is 14.4. The molecule has 0 radical (unpaired) electrons. The highest BCUT2D eigenvalue weighted by atomic mass is 35.5. The smallest absolute Gasteiger partial charge is 0.235 e. The van der Waals surface area contributed by atoms with Gasteiger partial charge in [-0.1, -0.05) is 82.7 Å². The maximum absolute atomic E-state index is 6.35. The molecule has 0 aliphatic rings. The molecule has 0 saturated carbocycles. The minimum absolute atomic E-state index is 0.270. The fourth-order valence-electron chi connectivity index (χ4n) is 2.64. The molecule has 2 aromatic carbocycles. The van der Waals surface area contributed by atoms with Crippen molar-refractivity contribution in [3.8, 4) is 0 Å². The zero-order valence-corrected chi connectivity index (χ0v) is 17.2. The van der Waals surface area contributed by atoms with Crippen molar-refractivity contribution in [1.82, 2.24) is 19.8 Å². The zero-order chi connectivity index (χ0) is 18.8. The molecule has 2 heterocycles. The van der Waals surface area contributed by atoms with Crippen LogP contribution >= 0.6 is 46.3 Å². The third-order valence-electron chi connectivity index (χ3n) is 3.99. The van der Waals surface area contributed by atoms with Crippen molar-refractivity contribution >= 4 is 51.3 Å². The van der Waals surface area contributed by atoms with Crippen LogP contribution in [0, 0.1) is 0 Å². The number of hydrogen-bond acceptors (Lipinski definition) is 6. The summed E-state index contributed by atoms with van der Waals surface area (Å²) < 4.78 is 2.63. The molecule has 138 valence electrons. The molecule has 0 spiro atoms. The Morgan fingerprint density at radius 1 is 1.11 bits per heavy atom. The number of aromatic nitrogens is 4. The van der Waals surface area contributed by atoms with Gasteiger partial charge in [0.25, 0.3) is 0 Å². The van der Waals surface area contributed by atoms with Crippen molar-refractivity contribution in [3.63, 3.8) is 0 Å². The van der Waals surface area contributed by atoms with E-state index in [9.17, 15) is 0 Å². The first kappa shape index (κ1) is 18.7. The van der Waals surface area contributed by atoms with E-state index in [1.165, 1.54) is 11.3 Å². The highest BCUT2D eigenvalue weighted by Gasteiger charge is 2.18. The molecular formula is C18H15Cl2N5S2. The molecule has 2 aromatic heterocycles. The van der Waals surface area contributed by atoms with E-state index >= 15 is 0 Å². The average molecular weight is 436 g/mol. The first-order valence-electron chi connectivity index (χ1n) is 8.18. The highest BCUT2D eigenvalue weighted by Crippen LogP contribution is 2.31. The van der Waals surface area contributed by atoms with Crippen LogP contribution in [0.25, 0.3) is 4.96 Å². The largest absolute Gasteiger partial charge is 0.321 e. The summed E-state index contributed by atoms with van der Waals surface area (Å²) in [6.07, 6.45) is 0.683. The Kier molecular flexibility index (Phi) is 5.66. The molecule has 0 fully saturated rings. The van der Waals surface area contributed by atoms with Gasteiger partial charge < -0.3 is 5.73 Å². The van der Waals surface area contributed by atoms with Gasteiger partial charge in [0.05, 0.1) is 6.04 Å². The Hall–Kier alpha value is -1.64. The van der Waals surface area contributed by atoms with Crippen LogP contribution in [-0.4, -0.2) is 19.8 Å². The zero-order valence-electron chi connectivity index (χ0n) is 14.0. The lowest BCUT2D eigenvalue weighted by Crippen LogP contribution is -2.17. The Morgan fingerprint density at radius 3 is 2.70 bits per heavy atom. The third kappa shape index (κ3) is 4.28. The molecule has 1 atom stereocenters. The number of benzene rings is 2. The molecule has 0 bridgehead atoms. The molecule has 2 N–H and O–H groups in total. The first-order valence-corrected chi connectivity index (χ1v) is 10.7. The topological polar surface area (TPSA) is 69.1 Å². The Balaban J connectivity index is 1.50. The van der Waals surface area contributed by atoms with E-state index in [0.717, 1.165) is 20.4 Å². The Morgan fingerprint density at radius 2 is 1.93 bits per heavy atom. The normalized spacial score (nSPS) is 12.6. The molecule has 4 aromatic rings. The maximum atomic E-state index is 6.35. The Bertz CT molecular complexity index is 1060. The molecule has 0 saturated heterocycles. The second-order valence-corrected chi connectivity index (χ2v) is 8.96. The van der Waals surface area contributed by atoms with E-state index in [-0.39, 0.29) is 6.04 Å². The first-order chi connectivity index (χ1) is 13.1. The SMILES string of the molecule is NC(Cc1ccccc1)c1nnc2sc(SCc3ccc(Cl)cc3Cl)nn12. The van der Waals surface area contributed by atoms with Crippen LogP contribution in [0.1, 0.15) is 23.0 Å². The van der Waals surface area contributed by atoms with E-state index in [0.29, 0.717) is 28.0 Å². The van der Waals surface area contributed by atoms with Gasteiger partial charge in [-0.25, -0.2) is 0 Å². The third-order valence-corrected chi connectivity index (χ3v) is 6.66. The molecule has 27 heavy (non-hydrogen) atoms. The van der Waals surface area contributed by atoms with Gasteiger partial charge in [-0.2, -0.15) is 4.52 Å². The van der Waals surface area contributed by atoms with Gasteiger partial charge in [0.2, 0.25) is 4.96 Å². The summed E-state index contributed by atoms with van der Waals surface area (Å²) in [6, 6.07) is 15.3. The maximum Gasteiger partial charge on any atom is 0.235 e. The number of hydrogen-bond donors (Lipinski definition) is 1. The van der Waals surface area contributed by atoms with Gasteiger partial charge in [-0.05, 0) is 29.7 Å². The minimum Gasteiger partial charge on any atom is -0.321 e. The summed E-state index contributed by atoms with van der Waals surface area (Å²) in [6.45, 7) is 0. The van der Waals surface area contributed by atoms with E-state index in [2.05, 4.69) is 27.4 Å². The summed E-state index contributed by atoms with van der Waals surface area (Å²) in [5.41, 5.74) is 8.52. The van der Waals surface area contributed by atoms with Crippen LogP contribution in [-0.2, 0) is 12.2 Å². The molecule has 0 aliphatic carbocycles. The number of fused-ring (bicyclic) bond motifs is 1. The van der Waals surface area contributed by atoms with Crippen molar-refractivity contribution < 1.29 is 0 Å². The van der Waals surface area contributed by atoms with Gasteiger partial charge in [-0.3, -0.25) is 0 Å². The number of nitrogens with two attached hydrogens (primary N) is 1. The monoisotopic (exact) mass is 435 g/mol. The van der Waals surface area contributed by atoms with Gasteiger partial charge in [-0.15, -0.1) is 15.3 Å². The predicted octanol–water partition coefficient (Wildman–Crippen LogP) is 5.03. The number of rotatable bonds is 6. The van der Waals surface area contributed by atoms with E-state index in [1.54, 1.807) is 22.3 Å². The van der Waals surface area contributed by atoms with E-state index in [1.807, 2.05) is 30.3 Å². The molecule has 1 unspecified atom stereocenters. The van der Waals surface area contributed by atoms with Crippen LogP contribution in [0.3, 0.4) is 0 Å². The van der Waals surface area contributed by atoms with Crippen LogP contribution < -0.4 is 5.73 Å². The quantitative estimate of drug-likeness (QED) is 0.430. The van der Waals surface area contributed by atoms with Crippen molar-refractivity contribution in [2.45, 2.75) is 22.6 Å². The van der Waals surface area contributed by atoms with Crippen molar-refractivity contribution in [2.24, 2.45) is 5.73 Å². The van der Waals surface area contributed by atoms with Crippen LogP contribution in [0.5, 0.6) is 0 Å². The molecule has 0 amide bonds. The second-order valence-electron chi connectivity index (χ2n) is 5.94. The summed E-state index contributed by atoms with van der Waals surface area (Å²) in [5.74, 6) is 1.37. The standard InChI is InChI=1S/C18H15Cl2N5S2/c19-13-7-6-12(14(20)9-13)10-26-18-24-25-16(22-23-17(25)27-18)15(21)8-11-4-2-1-3-5-11/h1-7,9,15H,8,10,21H2. The van der Waals surface area contributed by atoms with E-state index in [4.69, 9.17) is 28.9 Å². The van der Waals surface area contributed by atoms with Gasteiger partial charge in [0.15, 0.2) is 10.2 Å². The number of nitrogens with zero attached hydrogens (tertiary/aromatic N) is 4. The molecule has 4 rings (SSSR count). The van der Waals surface area contributed by atoms with E-state index < -0.39 is 0 Å². The van der Waals surface area contributed by atoms with Crippen molar-refractivity contribution in [3.05, 3.63) is 75.5 Å². The minimum atomic E-state index is -0.270. The fourth-order valence-corrected chi connectivity index (χ4v) is 5.08. The number of halogens is 2. The summed E-state index contributed by atoms with van der Waals surface area (Å²) >= 11 is 15.3. The fraction of sp³-hybridized carbons (Fsp3) is 0.167. The predicted molar refractivity (Wildman–Crippen MR) is 112 cm³/mol. The van der Waals surface area contributed by atoms with Gasteiger partial charge >= 0.3 is 0 Å². The lowest BCUT2D eigenvalue weighted by Gasteiger charge is -2.08. The van der Waals surface area contributed by atoms with Gasteiger partial charge in [0.1, 0.15) is 0 Å². The van der Waals surface area contributed by atoms with Crippen LogP contribution in [0.15, 0.2) is 52.9 Å². The van der Waals surface area contributed by atoms with Crippen LogP contribution in [0.4, 0.5) is 0 Å². The lowest BCUT2D eigenvalue weighted by atomic mass is 10.1.